The van der Waals surface area contributed by atoms with E-state index in [0.29, 0.717) is 18.2 Å². The number of amides is 1. The van der Waals surface area contributed by atoms with Gasteiger partial charge < -0.3 is 15.4 Å². The number of primary amides is 1. The van der Waals surface area contributed by atoms with Gasteiger partial charge >= 0.3 is 6.18 Å². The van der Waals surface area contributed by atoms with E-state index in [2.05, 4.69) is 0 Å². The van der Waals surface area contributed by atoms with Crippen LogP contribution in [-0.4, -0.2) is 15.6 Å². The zero-order valence-electron chi connectivity index (χ0n) is 11.4. The fourth-order valence-electron chi connectivity index (χ4n) is 1.91. The highest BCUT2D eigenvalue weighted by atomic mass is 19.4. The van der Waals surface area contributed by atoms with Gasteiger partial charge in [0.15, 0.2) is 0 Å². The maximum absolute atomic E-state index is 13.8. The normalized spacial score (nSPS) is 11.5. The summed E-state index contributed by atoms with van der Waals surface area (Å²) >= 11 is 0. The zero-order valence-corrected chi connectivity index (χ0v) is 11.4. The van der Waals surface area contributed by atoms with Crippen LogP contribution in [0.4, 0.5) is 17.6 Å². The summed E-state index contributed by atoms with van der Waals surface area (Å²) in [5.74, 6) is -2.80. The smallest absolute Gasteiger partial charge is 0.416 e. The molecule has 2 rings (SSSR count). The standard InChI is InChI=1S/C14H10F4N2O3/c15-10-3-8(14(16,17)18)2-1-7(10)5-20-6-9(13(19)23)11(21)4-12(20)22/h1-4,6,21H,5H2,(H2,19,23). The second kappa shape index (κ2) is 5.75. The van der Waals surface area contributed by atoms with E-state index in [-0.39, 0.29) is 11.1 Å². The van der Waals surface area contributed by atoms with Gasteiger partial charge in [-0.1, -0.05) is 6.07 Å². The lowest BCUT2D eigenvalue weighted by Gasteiger charge is -2.11. The Hall–Kier alpha value is -2.84. The quantitative estimate of drug-likeness (QED) is 0.843. The number of rotatable bonds is 3. The molecule has 1 aromatic heterocycles. The fraction of sp³-hybridized carbons (Fsp3) is 0.143. The van der Waals surface area contributed by atoms with Crippen molar-refractivity contribution in [3.63, 3.8) is 0 Å². The summed E-state index contributed by atoms with van der Waals surface area (Å²) in [6, 6.07) is 2.60. The minimum absolute atomic E-state index is 0.193. The highest BCUT2D eigenvalue weighted by Gasteiger charge is 2.31. The predicted octanol–water partition coefficient (Wildman–Crippen LogP) is 1.86. The summed E-state index contributed by atoms with van der Waals surface area (Å²) < 4.78 is 52.1. The van der Waals surface area contributed by atoms with E-state index in [9.17, 15) is 32.3 Å². The number of aromatic nitrogens is 1. The Morgan fingerprint density at radius 2 is 1.91 bits per heavy atom. The van der Waals surface area contributed by atoms with E-state index in [1.54, 1.807) is 0 Å². The van der Waals surface area contributed by atoms with Crippen LogP contribution in [0.3, 0.4) is 0 Å². The number of hydrogen-bond acceptors (Lipinski definition) is 3. The topological polar surface area (TPSA) is 85.3 Å². The Labute approximate surface area is 126 Å². The fourth-order valence-corrected chi connectivity index (χ4v) is 1.91. The predicted molar refractivity (Wildman–Crippen MR) is 71.4 cm³/mol. The molecule has 0 saturated carbocycles. The molecule has 122 valence electrons. The molecule has 1 heterocycles. The van der Waals surface area contributed by atoms with Gasteiger partial charge in [0.2, 0.25) is 0 Å². The largest absolute Gasteiger partial charge is 0.507 e. The van der Waals surface area contributed by atoms with Gasteiger partial charge in [0.05, 0.1) is 17.7 Å². The van der Waals surface area contributed by atoms with Gasteiger partial charge in [-0.05, 0) is 12.1 Å². The van der Waals surface area contributed by atoms with Gasteiger partial charge in [-0.3, -0.25) is 9.59 Å². The minimum atomic E-state index is -4.69. The molecule has 0 saturated heterocycles. The summed E-state index contributed by atoms with van der Waals surface area (Å²) in [4.78, 5) is 22.8. The summed E-state index contributed by atoms with van der Waals surface area (Å²) in [5, 5.41) is 9.42. The van der Waals surface area contributed by atoms with Gasteiger partial charge in [-0.2, -0.15) is 13.2 Å². The molecule has 0 aliphatic heterocycles. The summed E-state index contributed by atoms with van der Waals surface area (Å²) in [6.45, 7) is -0.427. The average molecular weight is 330 g/mol. The molecule has 0 unspecified atom stereocenters. The second-order valence-corrected chi connectivity index (χ2v) is 4.71. The SMILES string of the molecule is NC(=O)c1cn(Cc2ccc(C(F)(F)F)cc2F)c(=O)cc1O. The maximum Gasteiger partial charge on any atom is 0.416 e. The van der Waals surface area contributed by atoms with Gasteiger partial charge in [0.1, 0.15) is 11.6 Å². The molecular formula is C14H10F4N2O3. The second-order valence-electron chi connectivity index (χ2n) is 4.71. The Morgan fingerprint density at radius 3 is 2.43 bits per heavy atom. The molecule has 0 bridgehead atoms. The zero-order chi connectivity index (χ0) is 17.4. The number of halogens is 4. The van der Waals surface area contributed by atoms with Crippen molar-refractivity contribution in [1.29, 1.82) is 0 Å². The van der Waals surface area contributed by atoms with Gasteiger partial charge in [-0.15, -0.1) is 0 Å². The van der Waals surface area contributed by atoms with Crippen LogP contribution in [0.15, 0.2) is 35.3 Å². The van der Waals surface area contributed by atoms with Crippen LogP contribution in [-0.2, 0) is 12.7 Å². The molecule has 1 aromatic carbocycles. The molecule has 0 radical (unpaired) electrons. The number of nitrogens with zero attached hydrogens (tertiary/aromatic N) is 1. The number of benzene rings is 1. The Balaban J connectivity index is 2.42. The first-order valence-corrected chi connectivity index (χ1v) is 6.18. The lowest BCUT2D eigenvalue weighted by Crippen LogP contribution is -2.23. The van der Waals surface area contributed by atoms with Crippen molar-refractivity contribution in [3.05, 3.63) is 63.3 Å². The molecule has 5 nitrogen and oxygen atoms in total. The van der Waals surface area contributed by atoms with E-state index in [4.69, 9.17) is 5.73 Å². The number of alkyl halides is 3. The highest BCUT2D eigenvalue weighted by Crippen LogP contribution is 2.30. The van der Waals surface area contributed by atoms with Gasteiger partial charge in [0, 0.05) is 17.8 Å². The molecule has 0 aliphatic rings. The van der Waals surface area contributed by atoms with Crippen molar-refractivity contribution < 1.29 is 27.5 Å². The summed E-state index contributed by atoms with van der Waals surface area (Å²) in [5.41, 5.74) is 2.52. The summed E-state index contributed by atoms with van der Waals surface area (Å²) in [7, 11) is 0. The molecule has 3 N–H and O–H groups in total. The molecule has 1 amide bonds. The maximum atomic E-state index is 13.8. The van der Waals surface area contributed by atoms with Crippen molar-refractivity contribution in [2.75, 3.05) is 0 Å². The van der Waals surface area contributed by atoms with Crippen LogP contribution in [0, 0.1) is 5.82 Å². The third-order valence-electron chi connectivity index (χ3n) is 3.09. The van der Waals surface area contributed by atoms with E-state index in [1.807, 2.05) is 0 Å². The van der Waals surface area contributed by atoms with Gasteiger partial charge in [0.25, 0.3) is 11.5 Å². The van der Waals surface area contributed by atoms with Crippen molar-refractivity contribution in [3.8, 4) is 5.75 Å². The van der Waals surface area contributed by atoms with E-state index in [0.717, 1.165) is 16.8 Å². The summed E-state index contributed by atoms with van der Waals surface area (Å²) in [6.07, 6.45) is -3.77. The van der Waals surface area contributed by atoms with Gasteiger partial charge in [-0.25, -0.2) is 4.39 Å². The first-order chi connectivity index (χ1) is 10.6. The van der Waals surface area contributed by atoms with Crippen LogP contribution in [0.25, 0.3) is 0 Å². The number of pyridine rings is 1. The molecule has 0 spiro atoms. The van der Waals surface area contributed by atoms with Crippen molar-refractivity contribution in [2.24, 2.45) is 5.73 Å². The molecule has 0 fully saturated rings. The number of hydrogen-bond donors (Lipinski definition) is 2. The monoisotopic (exact) mass is 330 g/mol. The van der Waals surface area contributed by atoms with E-state index < -0.39 is 41.3 Å². The molecule has 9 heteroatoms. The number of carbonyl (C=O) groups excluding carboxylic acids is 1. The first-order valence-electron chi connectivity index (χ1n) is 6.18. The van der Waals surface area contributed by atoms with Crippen molar-refractivity contribution >= 4 is 5.91 Å². The highest BCUT2D eigenvalue weighted by molar-refractivity contribution is 5.95. The Morgan fingerprint density at radius 1 is 1.26 bits per heavy atom. The van der Waals surface area contributed by atoms with Crippen molar-refractivity contribution in [1.82, 2.24) is 4.57 Å². The molecule has 0 atom stereocenters. The van der Waals surface area contributed by atoms with Crippen LogP contribution in [0.2, 0.25) is 0 Å². The lowest BCUT2D eigenvalue weighted by atomic mass is 10.1. The Kier molecular flexibility index (Phi) is 4.13. The number of carbonyl (C=O) groups is 1. The lowest BCUT2D eigenvalue weighted by molar-refractivity contribution is -0.137. The van der Waals surface area contributed by atoms with Crippen molar-refractivity contribution in [2.45, 2.75) is 12.7 Å². The molecule has 0 aliphatic carbocycles. The molecular weight excluding hydrogens is 320 g/mol. The van der Waals surface area contributed by atoms with Crippen LogP contribution in [0.5, 0.6) is 5.75 Å². The van der Waals surface area contributed by atoms with E-state index >= 15 is 0 Å². The number of nitrogens with two attached hydrogens (primary N) is 1. The van der Waals surface area contributed by atoms with Crippen LogP contribution in [0.1, 0.15) is 21.5 Å². The van der Waals surface area contributed by atoms with Crippen LogP contribution < -0.4 is 11.3 Å². The van der Waals surface area contributed by atoms with Crippen LogP contribution >= 0.6 is 0 Å². The first kappa shape index (κ1) is 16.5. The average Bonchev–Trinajstić information content (AvgIpc) is 2.42. The molecule has 2 aromatic rings. The molecule has 23 heavy (non-hydrogen) atoms. The third-order valence-corrected chi connectivity index (χ3v) is 3.09. The minimum Gasteiger partial charge on any atom is -0.507 e. The Bertz CT molecular complexity index is 828. The number of aromatic hydroxyl groups is 1. The van der Waals surface area contributed by atoms with E-state index in [1.165, 1.54) is 0 Å². The third kappa shape index (κ3) is 3.50.